The van der Waals surface area contributed by atoms with Crippen LogP contribution in [-0.2, 0) is 17.4 Å². The number of nitrogens with zero attached hydrogens (tertiary/aromatic N) is 1. The van der Waals surface area contributed by atoms with E-state index in [0.717, 1.165) is 12.1 Å². The van der Waals surface area contributed by atoms with E-state index >= 15 is 0 Å². The summed E-state index contributed by atoms with van der Waals surface area (Å²) in [4.78, 5) is 14.6. The first-order valence-corrected chi connectivity index (χ1v) is 9.98. The van der Waals surface area contributed by atoms with Gasteiger partial charge in [-0.2, -0.15) is 22.0 Å². The van der Waals surface area contributed by atoms with E-state index in [1.807, 2.05) is 0 Å². The molecule has 3 aromatic carbocycles. The van der Waals surface area contributed by atoms with E-state index in [2.05, 4.69) is 4.74 Å². The summed E-state index contributed by atoms with van der Waals surface area (Å²) in [5.41, 5.74) is 6.97. The van der Waals surface area contributed by atoms with Crippen molar-refractivity contribution < 1.29 is 31.5 Å². The fourth-order valence-electron chi connectivity index (χ4n) is 3.25. The van der Waals surface area contributed by atoms with Gasteiger partial charge in [0.15, 0.2) is 0 Å². The van der Waals surface area contributed by atoms with Gasteiger partial charge in [-0.25, -0.2) is 0 Å². The third-order valence-electron chi connectivity index (χ3n) is 4.97. The van der Waals surface area contributed by atoms with Gasteiger partial charge < -0.3 is 15.4 Å². The van der Waals surface area contributed by atoms with Gasteiger partial charge in [-0.15, -0.1) is 0 Å². The zero-order valence-corrected chi connectivity index (χ0v) is 17.3. The Balaban J connectivity index is 1.82. The van der Waals surface area contributed by atoms with Crippen LogP contribution in [0.15, 0.2) is 78.9 Å². The summed E-state index contributed by atoms with van der Waals surface area (Å²) < 4.78 is 67.6. The molecule has 0 saturated heterocycles. The van der Waals surface area contributed by atoms with Crippen LogP contribution in [-0.4, -0.2) is 19.1 Å². The highest BCUT2D eigenvalue weighted by atomic mass is 19.4. The van der Waals surface area contributed by atoms with Gasteiger partial charge >= 0.3 is 12.8 Å². The molecule has 1 atom stereocenters. The number of alkyl halides is 5. The van der Waals surface area contributed by atoms with Gasteiger partial charge in [0.1, 0.15) is 11.8 Å². The minimum atomic E-state index is -4.44. The fraction of sp³-hybridized carbons (Fsp3) is 0.208. The van der Waals surface area contributed by atoms with Gasteiger partial charge in [-0.1, -0.05) is 42.5 Å². The van der Waals surface area contributed by atoms with E-state index in [9.17, 15) is 26.7 Å². The number of hydrogen-bond donors (Lipinski definition) is 1. The molecule has 0 aliphatic heterocycles. The number of halogens is 5. The molecule has 4 nitrogen and oxygen atoms in total. The molecule has 9 heteroatoms. The highest BCUT2D eigenvalue weighted by molar-refractivity contribution is 5.97. The smallest absolute Gasteiger partial charge is 0.416 e. The van der Waals surface area contributed by atoms with Crippen molar-refractivity contribution in [3.63, 3.8) is 0 Å². The van der Waals surface area contributed by atoms with Crippen LogP contribution in [0.4, 0.5) is 27.6 Å². The van der Waals surface area contributed by atoms with E-state index in [0.29, 0.717) is 16.8 Å². The molecule has 0 radical (unpaired) electrons. The van der Waals surface area contributed by atoms with Crippen LogP contribution in [0.2, 0.25) is 0 Å². The van der Waals surface area contributed by atoms with Crippen molar-refractivity contribution in [1.82, 2.24) is 0 Å². The number of benzene rings is 3. The largest absolute Gasteiger partial charge is 0.435 e. The van der Waals surface area contributed by atoms with Crippen LogP contribution in [0.25, 0.3) is 0 Å². The number of hydrogen-bond acceptors (Lipinski definition) is 3. The van der Waals surface area contributed by atoms with Crippen LogP contribution in [0.1, 0.15) is 22.7 Å². The molecule has 0 aliphatic rings. The predicted molar refractivity (Wildman–Crippen MR) is 114 cm³/mol. The molecule has 0 unspecified atom stereocenters. The van der Waals surface area contributed by atoms with Gasteiger partial charge in [0.2, 0.25) is 5.91 Å². The lowest BCUT2D eigenvalue weighted by Crippen LogP contribution is -2.40. The molecule has 0 fully saturated rings. The summed E-state index contributed by atoms with van der Waals surface area (Å²) in [5.74, 6) is -0.521. The molecule has 0 aliphatic carbocycles. The molecule has 3 aromatic rings. The van der Waals surface area contributed by atoms with Crippen molar-refractivity contribution in [3.05, 3.63) is 95.6 Å². The molecule has 2 N–H and O–H groups in total. The van der Waals surface area contributed by atoms with Gasteiger partial charge in [-0.3, -0.25) is 4.79 Å². The minimum absolute atomic E-state index is 0.0729. The average Bonchev–Trinajstić information content (AvgIpc) is 2.79. The third kappa shape index (κ3) is 6.52. The molecule has 1 amide bonds. The first-order valence-electron chi connectivity index (χ1n) is 9.98. The van der Waals surface area contributed by atoms with Crippen LogP contribution < -0.4 is 15.4 Å². The second kappa shape index (κ2) is 10.4. The molecule has 174 valence electrons. The SMILES string of the molecule is N[C@@H](C(=O)N(CCc1ccc(C(F)(F)F)cc1)c1ccc(OC(F)F)cc1)c1ccccc1. The number of nitrogens with two attached hydrogens (primary N) is 1. The van der Waals surface area contributed by atoms with Crippen molar-refractivity contribution in [2.45, 2.75) is 25.3 Å². The van der Waals surface area contributed by atoms with Gasteiger partial charge in [0.25, 0.3) is 0 Å². The first kappa shape index (κ1) is 24.2. The molecule has 0 saturated carbocycles. The second-order valence-electron chi connectivity index (χ2n) is 7.20. The maximum Gasteiger partial charge on any atom is 0.416 e. The van der Waals surface area contributed by atoms with Gasteiger partial charge in [0.05, 0.1) is 5.56 Å². The Morgan fingerprint density at radius 1 is 0.909 bits per heavy atom. The summed E-state index contributed by atoms with van der Waals surface area (Å²) in [6, 6.07) is 17.8. The monoisotopic (exact) mass is 464 g/mol. The summed E-state index contributed by atoms with van der Waals surface area (Å²) in [6.07, 6.45) is -4.19. The standard InChI is InChI=1S/C24H21F5N2O2/c25-23(26)33-20-12-10-19(11-13-20)31(22(32)21(30)17-4-2-1-3-5-17)15-14-16-6-8-18(9-7-16)24(27,28)29/h1-13,21,23H,14-15,30H2/t21-/m1/s1. The molecule has 0 heterocycles. The molecular formula is C24H21F5N2O2. The zero-order chi connectivity index (χ0) is 24.0. The van der Waals surface area contributed by atoms with Crippen molar-refractivity contribution in [3.8, 4) is 5.75 Å². The van der Waals surface area contributed by atoms with Crippen molar-refractivity contribution in [2.24, 2.45) is 5.73 Å². The Morgan fingerprint density at radius 2 is 1.52 bits per heavy atom. The van der Waals surface area contributed by atoms with Crippen LogP contribution in [0.3, 0.4) is 0 Å². The number of anilines is 1. The summed E-state index contributed by atoms with van der Waals surface area (Å²) >= 11 is 0. The minimum Gasteiger partial charge on any atom is -0.435 e. The Kier molecular flexibility index (Phi) is 7.65. The summed E-state index contributed by atoms with van der Waals surface area (Å²) in [7, 11) is 0. The van der Waals surface area contributed by atoms with E-state index in [4.69, 9.17) is 5.73 Å². The summed E-state index contributed by atoms with van der Waals surface area (Å²) in [5, 5.41) is 0. The van der Waals surface area contributed by atoms with Crippen LogP contribution >= 0.6 is 0 Å². The molecule has 0 bridgehead atoms. The lowest BCUT2D eigenvalue weighted by atomic mass is 10.0. The Bertz CT molecular complexity index is 1040. The van der Waals surface area contributed by atoms with E-state index in [1.54, 1.807) is 30.3 Å². The number of ether oxygens (including phenoxy) is 1. The lowest BCUT2D eigenvalue weighted by Gasteiger charge is -2.26. The number of amides is 1. The van der Waals surface area contributed by atoms with Crippen molar-refractivity contribution >= 4 is 11.6 Å². The van der Waals surface area contributed by atoms with Crippen molar-refractivity contribution in [2.75, 3.05) is 11.4 Å². The van der Waals surface area contributed by atoms with E-state index < -0.39 is 30.3 Å². The summed E-state index contributed by atoms with van der Waals surface area (Å²) in [6.45, 7) is -2.88. The first-order chi connectivity index (χ1) is 15.6. The van der Waals surface area contributed by atoms with E-state index in [1.165, 1.54) is 41.3 Å². The molecular weight excluding hydrogens is 443 g/mol. The predicted octanol–water partition coefficient (Wildman–Crippen LogP) is 5.58. The Hall–Kier alpha value is -3.46. The fourth-order valence-corrected chi connectivity index (χ4v) is 3.25. The highest BCUT2D eigenvalue weighted by Crippen LogP contribution is 2.29. The maximum atomic E-state index is 13.2. The average molecular weight is 464 g/mol. The third-order valence-corrected chi connectivity index (χ3v) is 4.97. The molecule has 3 rings (SSSR count). The van der Waals surface area contributed by atoms with Gasteiger partial charge in [-0.05, 0) is 53.9 Å². The Morgan fingerprint density at radius 3 is 2.06 bits per heavy atom. The number of carbonyl (C=O) groups is 1. The van der Waals surface area contributed by atoms with Crippen LogP contribution in [0, 0.1) is 0 Å². The zero-order valence-electron chi connectivity index (χ0n) is 17.3. The van der Waals surface area contributed by atoms with Crippen LogP contribution in [0.5, 0.6) is 5.75 Å². The molecule has 0 aromatic heterocycles. The quantitative estimate of drug-likeness (QED) is 0.443. The highest BCUT2D eigenvalue weighted by Gasteiger charge is 2.30. The maximum absolute atomic E-state index is 13.2. The van der Waals surface area contributed by atoms with E-state index in [-0.39, 0.29) is 18.7 Å². The normalized spacial score (nSPS) is 12.5. The lowest BCUT2D eigenvalue weighted by molar-refractivity contribution is -0.137. The van der Waals surface area contributed by atoms with Gasteiger partial charge in [0, 0.05) is 12.2 Å². The molecule has 33 heavy (non-hydrogen) atoms. The molecule has 0 spiro atoms. The second-order valence-corrected chi connectivity index (χ2v) is 7.20. The topological polar surface area (TPSA) is 55.6 Å². The van der Waals surface area contributed by atoms with Crippen molar-refractivity contribution in [1.29, 1.82) is 0 Å². The number of carbonyl (C=O) groups excluding carboxylic acids is 1. The number of rotatable bonds is 8. The Labute approximate surface area is 187 Å².